The number of benzene rings is 2. The van der Waals surface area contributed by atoms with E-state index in [1.165, 1.54) is 16.7 Å². The molecule has 2 heteroatoms. The van der Waals surface area contributed by atoms with E-state index >= 15 is 0 Å². The molecule has 0 aliphatic heterocycles. The van der Waals surface area contributed by atoms with Crippen LogP contribution in [-0.4, -0.2) is 17.3 Å². The van der Waals surface area contributed by atoms with Crippen molar-refractivity contribution < 1.29 is 9.84 Å². The molecule has 0 amide bonds. The Balaban J connectivity index is 1.81. The summed E-state index contributed by atoms with van der Waals surface area (Å²) >= 11 is 0. The highest BCUT2D eigenvalue weighted by Crippen LogP contribution is 2.17. The van der Waals surface area contributed by atoms with Gasteiger partial charge in [0.2, 0.25) is 0 Å². The first kappa shape index (κ1) is 16.7. The van der Waals surface area contributed by atoms with Gasteiger partial charge in [0.15, 0.2) is 0 Å². The molecule has 0 unspecified atom stereocenters. The number of rotatable bonds is 7. The molecule has 0 aliphatic carbocycles. The number of ether oxygens (including phenoxy) is 1. The van der Waals surface area contributed by atoms with Gasteiger partial charge in [-0.1, -0.05) is 48.5 Å². The van der Waals surface area contributed by atoms with Crippen LogP contribution in [0.5, 0.6) is 0 Å². The average molecular weight is 298 g/mol. The van der Waals surface area contributed by atoms with E-state index in [-0.39, 0.29) is 6.10 Å². The van der Waals surface area contributed by atoms with Gasteiger partial charge >= 0.3 is 0 Å². The molecule has 0 spiro atoms. The van der Waals surface area contributed by atoms with Crippen LogP contribution in [0.15, 0.2) is 48.5 Å². The van der Waals surface area contributed by atoms with Crippen LogP contribution in [0, 0.1) is 13.8 Å². The van der Waals surface area contributed by atoms with Crippen molar-refractivity contribution in [3.05, 3.63) is 70.8 Å². The number of aliphatic hydroxyl groups excluding tert-OH is 1. The molecule has 2 aromatic carbocycles. The largest absolute Gasteiger partial charge is 0.390 e. The normalized spacial score (nSPS) is 13.8. The Hall–Kier alpha value is -1.64. The van der Waals surface area contributed by atoms with Crippen LogP contribution in [0.25, 0.3) is 0 Å². The first-order valence-corrected chi connectivity index (χ1v) is 7.96. The summed E-state index contributed by atoms with van der Waals surface area (Å²) in [5, 5.41) is 10.3. The molecule has 2 nitrogen and oxygen atoms in total. The van der Waals surface area contributed by atoms with Crippen LogP contribution >= 0.6 is 0 Å². The Kier molecular flexibility index (Phi) is 6.17. The molecular weight excluding hydrogens is 272 g/mol. The standard InChI is InChI=1S/C20H26O2/c1-15-8-7-11-19(16(15)2)12-13-20(21)17(3)22-14-18-9-5-4-6-10-18/h4-11,17,20-21H,12-14H2,1-3H3/t17-,20-/m0/s1. The van der Waals surface area contributed by atoms with Crippen LogP contribution in [-0.2, 0) is 17.8 Å². The van der Waals surface area contributed by atoms with Crippen molar-refractivity contribution in [2.24, 2.45) is 0 Å². The summed E-state index contributed by atoms with van der Waals surface area (Å²) in [5.74, 6) is 0. The van der Waals surface area contributed by atoms with Crippen molar-refractivity contribution in [1.29, 1.82) is 0 Å². The molecule has 118 valence electrons. The molecule has 2 atom stereocenters. The van der Waals surface area contributed by atoms with E-state index in [1.54, 1.807) is 0 Å². The maximum absolute atomic E-state index is 10.3. The zero-order chi connectivity index (χ0) is 15.9. The van der Waals surface area contributed by atoms with Gasteiger partial charge in [-0.3, -0.25) is 0 Å². The van der Waals surface area contributed by atoms with Gasteiger partial charge in [-0.2, -0.15) is 0 Å². The van der Waals surface area contributed by atoms with Crippen molar-refractivity contribution in [2.45, 2.75) is 52.4 Å². The molecule has 2 rings (SSSR count). The third-order valence-corrected chi connectivity index (χ3v) is 4.32. The third-order valence-electron chi connectivity index (χ3n) is 4.32. The van der Waals surface area contributed by atoms with Crippen LogP contribution in [0.4, 0.5) is 0 Å². The predicted molar refractivity (Wildman–Crippen MR) is 90.9 cm³/mol. The second-order valence-corrected chi connectivity index (χ2v) is 5.97. The molecule has 0 heterocycles. The minimum absolute atomic E-state index is 0.162. The lowest BCUT2D eigenvalue weighted by Gasteiger charge is -2.20. The van der Waals surface area contributed by atoms with Crippen LogP contribution in [0.3, 0.4) is 0 Å². The zero-order valence-electron chi connectivity index (χ0n) is 13.8. The van der Waals surface area contributed by atoms with Gasteiger partial charge in [0.25, 0.3) is 0 Å². The Morgan fingerprint density at radius 1 is 1.00 bits per heavy atom. The zero-order valence-corrected chi connectivity index (χ0v) is 13.8. The minimum Gasteiger partial charge on any atom is -0.390 e. The number of hydrogen-bond donors (Lipinski definition) is 1. The smallest absolute Gasteiger partial charge is 0.0810 e. The summed E-state index contributed by atoms with van der Waals surface area (Å²) < 4.78 is 5.78. The van der Waals surface area contributed by atoms with E-state index < -0.39 is 6.10 Å². The number of hydrogen-bond acceptors (Lipinski definition) is 2. The second kappa shape index (κ2) is 8.11. The van der Waals surface area contributed by atoms with E-state index in [0.29, 0.717) is 6.61 Å². The van der Waals surface area contributed by atoms with Gasteiger partial charge in [0.05, 0.1) is 18.8 Å². The Morgan fingerprint density at radius 3 is 2.45 bits per heavy atom. The fourth-order valence-corrected chi connectivity index (χ4v) is 2.53. The molecule has 2 aromatic rings. The quantitative estimate of drug-likeness (QED) is 0.830. The summed E-state index contributed by atoms with van der Waals surface area (Å²) in [6.07, 6.45) is 1.00. The molecule has 1 N–H and O–H groups in total. The molecule has 0 radical (unpaired) electrons. The van der Waals surface area contributed by atoms with E-state index in [2.05, 4.69) is 32.0 Å². The van der Waals surface area contributed by atoms with Crippen molar-refractivity contribution in [2.75, 3.05) is 0 Å². The first-order valence-electron chi connectivity index (χ1n) is 7.96. The highest BCUT2D eigenvalue weighted by molar-refractivity contribution is 5.33. The monoisotopic (exact) mass is 298 g/mol. The summed E-state index contributed by atoms with van der Waals surface area (Å²) in [6, 6.07) is 16.4. The molecule has 0 saturated carbocycles. The lowest BCUT2D eigenvalue weighted by Crippen LogP contribution is -2.26. The fourth-order valence-electron chi connectivity index (χ4n) is 2.53. The van der Waals surface area contributed by atoms with E-state index in [1.807, 2.05) is 37.3 Å². The molecule has 0 saturated heterocycles. The summed E-state index contributed by atoms with van der Waals surface area (Å²) in [7, 11) is 0. The van der Waals surface area contributed by atoms with Crippen LogP contribution in [0.2, 0.25) is 0 Å². The maximum atomic E-state index is 10.3. The van der Waals surface area contributed by atoms with Gasteiger partial charge in [-0.15, -0.1) is 0 Å². The Bertz CT molecular complexity index is 578. The average Bonchev–Trinajstić information content (AvgIpc) is 2.54. The lowest BCUT2D eigenvalue weighted by molar-refractivity contribution is -0.0377. The van der Waals surface area contributed by atoms with Gasteiger partial charge < -0.3 is 9.84 Å². The van der Waals surface area contributed by atoms with Crippen molar-refractivity contribution in [1.82, 2.24) is 0 Å². The summed E-state index contributed by atoms with van der Waals surface area (Å²) in [5.41, 5.74) is 5.08. The Labute approximate surface area is 133 Å². The van der Waals surface area contributed by atoms with E-state index in [0.717, 1.165) is 18.4 Å². The fraction of sp³-hybridized carbons (Fsp3) is 0.400. The first-order chi connectivity index (χ1) is 10.6. The predicted octanol–water partition coefficient (Wildman–Crippen LogP) is 4.20. The van der Waals surface area contributed by atoms with Gasteiger partial charge in [0.1, 0.15) is 0 Å². The molecule has 0 aromatic heterocycles. The lowest BCUT2D eigenvalue weighted by atomic mass is 9.97. The van der Waals surface area contributed by atoms with Crippen molar-refractivity contribution >= 4 is 0 Å². The molecule has 0 aliphatic rings. The van der Waals surface area contributed by atoms with Crippen LogP contribution < -0.4 is 0 Å². The van der Waals surface area contributed by atoms with Gasteiger partial charge in [-0.05, 0) is 55.9 Å². The highest BCUT2D eigenvalue weighted by atomic mass is 16.5. The van der Waals surface area contributed by atoms with Crippen LogP contribution in [0.1, 0.15) is 35.6 Å². The van der Waals surface area contributed by atoms with Crippen molar-refractivity contribution in [3.8, 4) is 0 Å². The number of aliphatic hydroxyl groups is 1. The molecule has 0 bridgehead atoms. The molecule has 22 heavy (non-hydrogen) atoms. The molecule has 0 fully saturated rings. The number of aryl methyl sites for hydroxylation is 2. The van der Waals surface area contributed by atoms with Gasteiger partial charge in [-0.25, -0.2) is 0 Å². The summed E-state index contributed by atoms with van der Waals surface area (Å²) in [6.45, 7) is 6.76. The van der Waals surface area contributed by atoms with E-state index in [4.69, 9.17) is 4.74 Å². The van der Waals surface area contributed by atoms with Gasteiger partial charge in [0, 0.05) is 0 Å². The maximum Gasteiger partial charge on any atom is 0.0810 e. The highest BCUT2D eigenvalue weighted by Gasteiger charge is 2.15. The van der Waals surface area contributed by atoms with E-state index in [9.17, 15) is 5.11 Å². The second-order valence-electron chi connectivity index (χ2n) is 5.97. The van der Waals surface area contributed by atoms with Crippen molar-refractivity contribution in [3.63, 3.8) is 0 Å². The SMILES string of the molecule is Cc1cccc(CC[C@H](O)[C@H](C)OCc2ccccc2)c1C. The topological polar surface area (TPSA) is 29.5 Å². The third kappa shape index (κ3) is 4.69. The Morgan fingerprint density at radius 2 is 1.73 bits per heavy atom. The minimum atomic E-state index is -0.441. The summed E-state index contributed by atoms with van der Waals surface area (Å²) in [4.78, 5) is 0. The molecular formula is C20H26O2.